The first kappa shape index (κ1) is 19.0. The van der Waals surface area contributed by atoms with E-state index in [1.807, 2.05) is 61.0 Å². The van der Waals surface area contributed by atoms with Crippen molar-refractivity contribution in [2.24, 2.45) is 0 Å². The number of nitrogens with zero attached hydrogens (tertiary/aromatic N) is 2. The van der Waals surface area contributed by atoms with Gasteiger partial charge in [0.1, 0.15) is 5.82 Å². The van der Waals surface area contributed by atoms with Crippen molar-refractivity contribution in [2.45, 2.75) is 0 Å². The summed E-state index contributed by atoms with van der Waals surface area (Å²) in [6.07, 6.45) is 3.68. The first-order valence-electron chi connectivity index (χ1n) is 8.19. The minimum atomic E-state index is -0.322. The van der Waals surface area contributed by atoms with Crippen molar-refractivity contribution in [1.29, 1.82) is 0 Å². The zero-order valence-electron chi connectivity index (χ0n) is 14.9. The van der Waals surface area contributed by atoms with Crippen molar-refractivity contribution in [3.63, 3.8) is 0 Å². The number of pyridine rings is 1. The molecule has 3 rings (SSSR count). The highest BCUT2D eigenvalue weighted by Crippen LogP contribution is 2.23. The van der Waals surface area contributed by atoms with E-state index in [-0.39, 0.29) is 11.6 Å². The van der Waals surface area contributed by atoms with E-state index < -0.39 is 0 Å². The number of rotatable bonds is 5. The summed E-state index contributed by atoms with van der Waals surface area (Å²) in [5.74, 6) is -0.246. The van der Waals surface area contributed by atoms with Gasteiger partial charge in [0.05, 0.1) is 4.88 Å². The monoisotopic (exact) mass is 400 g/mol. The Morgan fingerprint density at radius 2 is 1.78 bits per heavy atom. The van der Waals surface area contributed by atoms with E-state index in [9.17, 15) is 9.50 Å². The van der Waals surface area contributed by atoms with Crippen LogP contribution in [-0.4, -0.2) is 24.2 Å². The Morgan fingerprint density at radius 3 is 2.33 bits per heavy atom. The number of thiocarbonyl (C=S) groups is 1. The second-order valence-corrected chi connectivity index (χ2v) is 7.35. The molecule has 0 amide bonds. The van der Waals surface area contributed by atoms with Crippen molar-refractivity contribution in [1.82, 2.24) is 0 Å². The van der Waals surface area contributed by atoms with Crippen LogP contribution in [0, 0.1) is 5.82 Å². The second-order valence-electron chi connectivity index (χ2n) is 5.99. The number of anilines is 2. The number of benzene rings is 1. The van der Waals surface area contributed by atoms with Crippen molar-refractivity contribution in [3.05, 3.63) is 77.0 Å². The fourth-order valence-electron chi connectivity index (χ4n) is 2.47. The van der Waals surface area contributed by atoms with E-state index in [1.165, 1.54) is 23.5 Å². The molecule has 0 saturated heterocycles. The first-order chi connectivity index (χ1) is 13.0. The Balaban J connectivity index is 2.01. The van der Waals surface area contributed by atoms with Gasteiger partial charge in [0, 0.05) is 37.6 Å². The number of aromatic nitrogens is 1. The summed E-state index contributed by atoms with van der Waals surface area (Å²) in [7, 11) is 3.92. The molecule has 0 aliphatic heterocycles. The molecule has 0 unspecified atom stereocenters. The number of nitrogens with one attached hydrogen (secondary N) is 1. The van der Waals surface area contributed by atoms with Gasteiger partial charge < -0.3 is 15.3 Å². The highest BCUT2D eigenvalue weighted by Gasteiger charge is 2.24. The molecule has 4 nitrogen and oxygen atoms in total. The lowest BCUT2D eigenvalue weighted by Crippen LogP contribution is -2.38. The Kier molecular flexibility index (Phi) is 5.83. The molecule has 3 aromatic rings. The summed E-state index contributed by atoms with van der Waals surface area (Å²) in [5, 5.41) is 15.8. The molecule has 0 bridgehead atoms. The van der Waals surface area contributed by atoms with E-state index in [0.29, 0.717) is 21.3 Å². The summed E-state index contributed by atoms with van der Waals surface area (Å²) in [4.78, 5) is 3.02. The third kappa shape index (κ3) is 4.50. The quantitative estimate of drug-likeness (QED) is 0.285. The average molecular weight is 401 g/mol. The SMILES string of the molecule is CN(C)c1cc[n+](C(C(=S)Nc2ccc(F)cc2)=C(O)c2cccs2)cc1. The summed E-state index contributed by atoms with van der Waals surface area (Å²) in [5.41, 5.74) is 2.11. The molecule has 27 heavy (non-hydrogen) atoms. The largest absolute Gasteiger partial charge is 0.501 e. The first-order valence-corrected chi connectivity index (χ1v) is 9.47. The van der Waals surface area contributed by atoms with Crippen LogP contribution in [0.2, 0.25) is 0 Å². The van der Waals surface area contributed by atoms with Crippen LogP contribution >= 0.6 is 23.6 Å². The van der Waals surface area contributed by atoms with Gasteiger partial charge in [-0.2, -0.15) is 4.57 Å². The normalized spacial score (nSPS) is 11.7. The molecule has 138 valence electrons. The maximum Gasteiger partial charge on any atom is 0.289 e. The number of thiophene rings is 1. The fourth-order valence-corrected chi connectivity index (χ4v) is 3.46. The van der Waals surface area contributed by atoms with Gasteiger partial charge in [-0.3, -0.25) is 0 Å². The molecule has 0 atom stereocenters. The lowest BCUT2D eigenvalue weighted by molar-refractivity contribution is -0.575. The number of aliphatic hydroxyl groups is 1. The summed E-state index contributed by atoms with van der Waals surface area (Å²) >= 11 is 6.98. The number of aliphatic hydroxyl groups excluding tert-OH is 1. The molecular weight excluding hydrogens is 381 g/mol. The van der Waals surface area contributed by atoms with Crippen LogP contribution in [0.25, 0.3) is 11.5 Å². The van der Waals surface area contributed by atoms with Gasteiger partial charge in [0.25, 0.3) is 5.70 Å². The molecule has 0 aliphatic carbocycles. The highest BCUT2D eigenvalue weighted by atomic mass is 32.1. The lowest BCUT2D eigenvalue weighted by atomic mass is 10.2. The van der Waals surface area contributed by atoms with E-state index in [4.69, 9.17) is 12.2 Å². The molecule has 0 saturated carbocycles. The number of hydrogen-bond acceptors (Lipinski definition) is 4. The van der Waals surface area contributed by atoms with Gasteiger partial charge in [0.15, 0.2) is 17.4 Å². The standard InChI is InChI=1S/C20H18FN3OS2/c1-23(2)16-9-11-24(12-10-16)18(19(25)17-4-3-13-27-17)20(26)22-15-7-5-14(21)6-8-15/h3-13H,1-2H3,(H-,22,25,26)/p+1. The van der Waals surface area contributed by atoms with Gasteiger partial charge in [0.2, 0.25) is 5.76 Å². The van der Waals surface area contributed by atoms with Crippen LogP contribution in [0.4, 0.5) is 15.8 Å². The lowest BCUT2D eigenvalue weighted by Gasteiger charge is -2.12. The molecule has 0 spiro atoms. The Labute approximate surface area is 166 Å². The third-order valence-electron chi connectivity index (χ3n) is 3.88. The van der Waals surface area contributed by atoms with E-state index in [2.05, 4.69) is 5.32 Å². The van der Waals surface area contributed by atoms with E-state index in [0.717, 1.165) is 5.69 Å². The van der Waals surface area contributed by atoms with Crippen molar-refractivity contribution >= 4 is 51.4 Å². The van der Waals surface area contributed by atoms with Gasteiger partial charge in [-0.15, -0.1) is 11.3 Å². The zero-order chi connectivity index (χ0) is 19.4. The topological polar surface area (TPSA) is 39.4 Å². The van der Waals surface area contributed by atoms with Gasteiger partial charge in [-0.1, -0.05) is 18.3 Å². The predicted molar refractivity (Wildman–Crippen MR) is 114 cm³/mol. The van der Waals surface area contributed by atoms with Gasteiger partial charge >= 0.3 is 0 Å². The number of hydrogen-bond donors (Lipinski definition) is 2. The number of halogens is 1. The van der Waals surface area contributed by atoms with Crippen molar-refractivity contribution in [2.75, 3.05) is 24.3 Å². The van der Waals surface area contributed by atoms with Crippen molar-refractivity contribution < 1.29 is 14.1 Å². The maximum atomic E-state index is 13.1. The third-order valence-corrected chi connectivity index (χ3v) is 5.05. The minimum absolute atomic E-state index is 0.0761. The minimum Gasteiger partial charge on any atom is -0.501 e. The van der Waals surface area contributed by atoms with Gasteiger partial charge in [-0.05, 0) is 35.7 Å². The zero-order valence-corrected chi connectivity index (χ0v) is 16.5. The van der Waals surface area contributed by atoms with Gasteiger partial charge in [-0.25, -0.2) is 4.39 Å². The van der Waals surface area contributed by atoms with E-state index >= 15 is 0 Å². The summed E-state index contributed by atoms with van der Waals surface area (Å²) < 4.78 is 14.9. The molecule has 7 heteroatoms. The van der Waals surface area contributed by atoms with Crippen LogP contribution in [-0.2, 0) is 0 Å². The Bertz CT molecular complexity index is 950. The average Bonchev–Trinajstić information content (AvgIpc) is 3.19. The van der Waals surface area contributed by atoms with Crippen molar-refractivity contribution in [3.8, 4) is 0 Å². The summed E-state index contributed by atoms with van der Waals surface area (Å²) in [6, 6.07) is 13.5. The van der Waals surface area contributed by atoms with Crippen LogP contribution < -0.4 is 14.8 Å². The van der Waals surface area contributed by atoms with Crippen LogP contribution in [0.1, 0.15) is 4.88 Å². The molecule has 2 N–H and O–H groups in total. The molecule has 0 fully saturated rings. The second kappa shape index (κ2) is 8.28. The molecule has 0 radical (unpaired) electrons. The van der Waals surface area contributed by atoms with Crippen LogP contribution in [0.15, 0.2) is 66.3 Å². The highest BCUT2D eigenvalue weighted by molar-refractivity contribution is 7.81. The van der Waals surface area contributed by atoms with E-state index in [1.54, 1.807) is 16.7 Å². The molecule has 2 aromatic heterocycles. The summed E-state index contributed by atoms with van der Waals surface area (Å²) in [6.45, 7) is 0. The van der Waals surface area contributed by atoms with Crippen LogP contribution in [0.5, 0.6) is 0 Å². The molecule has 2 heterocycles. The molecular formula is C20H19FN3OS2+. The predicted octanol–water partition coefficient (Wildman–Crippen LogP) is 4.56. The molecule has 1 aromatic carbocycles. The fraction of sp³-hybridized carbons (Fsp3) is 0.100. The Hall–Kier alpha value is -2.77. The maximum absolute atomic E-state index is 13.1. The van der Waals surface area contributed by atoms with Crippen LogP contribution in [0.3, 0.4) is 0 Å². The Morgan fingerprint density at radius 1 is 1.11 bits per heavy atom. The smallest absolute Gasteiger partial charge is 0.289 e. The molecule has 0 aliphatic rings.